The molecule has 0 spiro atoms. The number of nitro benzene ring substituents is 1. The molecule has 0 atom stereocenters. The van der Waals surface area contributed by atoms with E-state index in [0.717, 1.165) is 11.1 Å². The number of amides is 1. The van der Waals surface area contributed by atoms with Crippen LogP contribution >= 0.6 is 11.8 Å². The fraction of sp³-hybridized carbons (Fsp3) is 0.130. The summed E-state index contributed by atoms with van der Waals surface area (Å²) in [5, 5.41) is 23.0. The van der Waals surface area contributed by atoms with Crippen LogP contribution in [0.2, 0.25) is 0 Å². The van der Waals surface area contributed by atoms with Crippen LogP contribution in [0, 0.1) is 17.0 Å². The lowest BCUT2D eigenvalue weighted by molar-refractivity contribution is -0.384. The first kappa shape index (κ1) is 22.2. The van der Waals surface area contributed by atoms with Gasteiger partial charge in [0.15, 0.2) is 11.0 Å². The molecule has 2 heterocycles. The second-order valence-corrected chi connectivity index (χ2v) is 8.16. The van der Waals surface area contributed by atoms with Crippen LogP contribution in [-0.2, 0) is 11.3 Å². The number of benzene rings is 2. The summed E-state index contributed by atoms with van der Waals surface area (Å²) in [6.45, 7) is 2.26. The van der Waals surface area contributed by atoms with E-state index in [-0.39, 0.29) is 17.3 Å². The highest BCUT2D eigenvalue weighted by Gasteiger charge is 2.17. The zero-order valence-corrected chi connectivity index (χ0v) is 18.5. The van der Waals surface area contributed by atoms with E-state index in [1.165, 1.54) is 30.0 Å². The Balaban J connectivity index is 1.51. The second-order valence-electron chi connectivity index (χ2n) is 7.21. The van der Waals surface area contributed by atoms with Gasteiger partial charge in [0.05, 0.1) is 17.2 Å². The lowest BCUT2D eigenvalue weighted by Crippen LogP contribution is -2.15. The van der Waals surface area contributed by atoms with Crippen molar-refractivity contribution in [2.24, 2.45) is 0 Å². The van der Waals surface area contributed by atoms with E-state index in [2.05, 4.69) is 20.5 Å². The Morgan fingerprint density at radius 3 is 2.64 bits per heavy atom. The predicted octanol–water partition coefficient (Wildman–Crippen LogP) is 4.34. The van der Waals surface area contributed by atoms with Gasteiger partial charge in [0.1, 0.15) is 0 Å². The lowest BCUT2D eigenvalue weighted by atomic mass is 10.2. The van der Waals surface area contributed by atoms with Gasteiger partial charge in [0.25, 0.3) is 5.69 Å². The molecule has 0 aliphatic heterocycles. The molecule has 166 valence electrons. The summed E-state index contributed by atoms with van der Waals surface area (Å²) in [6, 6.07) is 18.0. The Morgan fingerprint density at radius 1 is 1.12 bits per heavy atom. The van der Waals surface area contributed by atoms with Crippen molar-refractivity contribution in [2.75, 3.05) is 11.1 Å². The quantitative estimate of drug-likeness (QED) is 0.236. The third-order valence-electron chi connectivity index (χ3n) is 4.85. The highest BCUT2D eigenvalue weighted by molar-refractivity contribution is 7.99. The summed E-state index contributed by atoms with van der Waals surface area (Å²) in [4.78, 5) is 27.2. The minimum Gasteiger partial charge on any atom is -0.325 e. The number of carbonyl (C=O) groups excluding carboxylic acids is 1. The maximum Gasteiger partial charge on any atom is 0.269 e. The molecule has 0 radical (unpaired) electrons. The van der Waals surface area contributed by atoms with Crippen molar-refractivity contribution < 1.29 is 9.72 Å². The van der Waals surface area contributed by atoms with Crippen molar-refractivity contribution in [2.45, 2.75) is 18.6 Å². The van der Waals surface area contributed by atoms with Crippen LogP contribution < -0.4 is 5.32 Å². The van der Waals surface area contributed by atoms with Gasteiger partial charge in [0, 0.05) is 35.8 Å². The number of aromatic nitrogens is 4. The predicted molar refractivity (Wildman–Crippen MR) is 126 cm³/mol. The van der Waals surface area contributed by atoms with Gasteiger partial charge in [0.2, 0.25) is 5.91 Å². The van der Waals surface area contributed by atoms with E-state index >= 15 is 0 Å². The number of aryl methyl sites for hydroxylation is 1. The molecule has 0 bridgehead atoms. The normalized spacial score (nSPS) is 10.7. The summed E-state index contributed by atoms with van der Waals surface area (Å²) in [5.41, 5.74) is 3.05. The summed E-state index contributed by atoms with van der Waals surface area (Å²) < 4.78 is 1.96. The molecule has 9 nitrogen and oxygen atoms in total. The maximum absolute atomic E-state index is 12.6. The lowest BCUT2D eigenvalue weighted by Gasteiger charge is -2.11. The first-order chi connectivity index (χ1) is 16.0. The molecule has 4 rings (SSSR count). The van der Waals surface area contributed by atoms with Crippen molar-refractivity contribution >= 4 is 29.0 Å². The smallest absolute Gasteiger partial charge is 0.269 e. The van der Waals surface area contributed by atoms with E-state index in [1.54, 1.807) is 19.3 Å². The van der Waals surface area contributed by atoms with Crippen LogP contribution in [0.4, 0.5) is 11.4 Å². The summed E-state index contributed by atoms with van der Waals surface area (Å²) in [5.74, 6) is 0.534. The molecule has 10 heteroatoms. The zero-order chi connectivity index (χ0) is 23.2. The number of carbonyl (C=O) groups is 1. The largest absolute Gasteiger partial charge is 0.325 e. The van der Waals surface area contributed by atoms with Crippen molar-refractivity contribution in [3.05, 3.63) is 94.3 Å². The molecule has 4 aromatic rings. The molecule has 0 saturated heterocycles. The van der Waals surface area contributed by atoms with Crippen LogP contribution in [-0.4, -0.2) is 36.3 Å². The number of rotatable bonds is 8. The number of nitro groups is 1. The van der Waals surface area contributed by atoms with Crippen LogP contribution in [0.5, 0.6) is 0 Å². The summed E-state index contributed by atoms with van der Waals surface area (Å²) in [6.07, 6.45) is 3.42. The van der Waals surface area contributed by atoms with Gasteiger partial charge < -0.3 is 5.32 Å². The molecule has 0 unspecified atom stereocenters. The Hall–Kier alpha value is -4.05. The van der Waals surface area contributed by atoms with Crippen LogP contribution in [0.25, 0.3) is 11.4 Å². The average Bonchev–Trinajstić information content (AvgIpc) is 3.22. The standard InChI is InChI=1S/C23H20N6O3S/c1-16-12-19(29(31)32)9-10-20(16)25-21(30)15-33-23-27-26-22(18-8-5-11-24-13-18)28(23)14-17-6-3-2-4-7-17/h2-13H,14-15H2,1H3,(H,25,30). The highest BCUT2D eigenvalue weighted by atomic mass is 32.2. The van der Waals surface area contributed by atoms with E-state index in [4.69, 9.17) is 0 Å². The fourth-order valence-electron chi connectivity index (χ4n) is 3.23. The number of nitrogens with one attached hydrogen (secondary N) is 1. The molecule has 0 aliphatic carbocycles. The maximum atomic E-state index is 12.6. The molecule has 0 fully saturated rings. The van der Waals surface area contributed by atoms with Gasteiger partial charge in [-0.2, -0.15) is 0 Å². The highest BCUT2D eigenvalue weighted by Crippen LogP contribution is 2.26. The zero-order valence-electron chi connectivity index (χ0n) is 17.7. The molecule has 33 heavy (non-hydrogen) atoms. The monoisotopic (exact) mass is 460 g/mol. The molecule has 0 aliphatic rings. The van der Waals surface area contributed by atoms with E-state index < -0.39 is 4.92 Å². The molecule has 2 aromatic carbocycles. The molecule has 1 amide bonds. The third-order valence-corrected chi connectivity index (χ3v) is 5.81. The van der Waals surface area contributed by atoms with Gasteiger partial charge in [-0.3, -0.25) is 24.5 Å². The van der Waals surface area contributed by atoms with Gasteiger partial charge in [-0.15, -0.1) is 10.2 Å². The Labute approximate surface area is 194 Å². The topological polar surface area (TPSA) is 116 Å². The Morgan fingerprint density at radius 2 is 1.94 bits per heavy atom. The number of pyridine rings is 1. The summed E-state index contributed by atoms with van der Waals surface area (Å²) >= 11 is 1.27. The second kappa shape index (κ2) is 10.0. The van der Waals surface area contributed by atoms with Crippen molar-refractivity contribution in [3.8, 4) is 11.4 Å². The van der Waals surface area contributed by atoms with Crippen LogP contribution in [0.3, 0.4) is 0 Å². The van der Waals surface area contributed by atoms with E-state index in [1.807, 2.05) is 47.0 Å². The SMILES string of the molecule is Cc1cc([N+](=O)[O-])ccc1NC(=O)CSc1nnc(-c2cccnc2)n1Cc1ccccc1. The van der Waals surface area contributed by atoms with Gasteiger partial charge in [-0.1, -0.05) is 42.1 Å². The Kier molecular flexibility index (Phi) is 6.75. The number of hydrogen-bond acceptors (Lipinski definition) is 7. The van der Waals surface area contributed by atoms with Gasteiger partial charge >= 0.3 is 0 Å². The molecule has 0 saturated carbocycles. The van der Waals surface area contributed by atoms with Crippen molar-refractivity contribution in [3.63, 3.8) is 0 Å². The molecule has 1 N–H and O–H groups in total. The van der Waals surface area contributed by atoms with Gasteiger partial charge in [-0.05, 0) is 36.2 Å². The molecule has 2 aromatic heterocycles. The molecular formula is C23H20N6O3S. The Bertz CT molecular complexity index is 1280. The number of thioether (sulfide) groups is 1. The van der Waals surface area contributed by atoms with Gasteiger partial charge in [-0.25, -0.2) is 0 Å². The van der Waals surface area contributed by atoms with E-state index in [0.29, 0.717) is 28.8 Å². The first-order valence-electron chi connectivity index (χ1n) is 10.1. The minimum absolute atomic E-state index is 0.0168. The van der Waals surface area contributed by atoms with Crippen LogP contribution in [0.1, 0.15) is 11.1 Å². The van der Waals surface area contributed by atoms with E-state index in [9.17, 15) is 14.9 Å². The minimum atomic E-state index is -0.464. The fourth-order valence-corrected chi connectivity index (χ4v) is 3.97. The van der Waals surface area contributed by atoms with Crippen LogP contribution in [0.15, 0.2) is 78.2 Å². The average molecular weight is 461 g/mol. The number of non-ortho nitro benzene ring substituents is 1. The summed E-state index contributed by atoms with van der Waals surface area (Å²) in [7, 11) is 0. The number of anilines is 1. The third kappa shape index (κ3) is 5.42. The van der Waals surface area contributed by atoms with Crippen molar-refractivity contribution in [1.29, 1.82) is 0 Å². The molecular weight excluding hydrogens is 440 g/mol. The van der Waals surface area contributed by atoms with Crippen molar-refractivity contribution in [1.82, 2.24) is 19.7 Å². The first-order valence-corrected chi connectivity index (χ1v) is 11.0. The number of nitrogens with zero attached hydrogens (tertiary/aromatic N) is 5. The number of hydrogen-bond donors (Lipinski definition) is 1.